The minimum Gasteiger partial charge on any atom is -0.363 e. The molecule has 1 amide bonds. The van der Waals surface area contributed by atoms with Crippen molar-refractivity contribution in [3.63, 3.8) is 0 Å². The number of sulfone groups is 1. The first kappa shape index (κ1) is 16.9. The van der Waals surface area contributed by atoms with Gasteiger partial charge in [0.25, 0.3) is 5.91 Å². The number of hydrogen-bond donors (Lipinski definition) is 1. The Morgan fingerprint density at radius 2 is 2.00 bits per heavy atom. The topological polar surface area (TPSA) is 75.7 Å². The lowest BCUT2D eigenvalue weighted by Crippen LogP contribution is -2.57. The first-order valence-corrected chi connectivity index (χ1v) is 9.01. The minimum absolute atomic E-state index is 0.135. The molecule has 6 nitrogen and oxygen atoms in total. The zero-order valence-electron chi connectivity index (χ0n) is 13.1. The highest BCUT2D eigenvalue weighted by molar-refractivity contribution is 7.90. The number of ether oxygens (including phenoxy) is 1. The van der Waals surface area contributed by atoms with E-state index in [1.165, 1.54) is 6.26 Å². The molecule has 0 aliphatic carbocycles. The standard InChI is InChI=1S/C15H22N2O4S/c1-15(14(18)16-2)11-17(8-9-21-15)10-12-4-6-13(7-5-12)22(3,19)20/h4-7H,8-11H2,1-3H3,(H,16,18)/t15-/m1/s1. The summed E-state index contributed by atoms with van der Waals surface area (Å²) in [4.78, 5) is 14.4. The Labute approximate surface area is 131 Å². The van der Waals surface area contributed by atoms with Gasteiger partial charge >= 0.3 is 0 Å². The van der Waals surface area contributed by atoms with Gasteiger partial charge in [-0.15, -0.1) is 0 Å². The molecule has 1 aliphatic rings. The van der Waals surface area contributed by atoms with Gasteiger partial charge < -0.3 is 10.1 Å². The summed E-state index contributed by atoms with van der Waals surface area (Å²) in [5.74, 6) is -0.135. The molecule has 7 heteroatoms. The summed E-state index contributed by atoms with van der Waals surface area (Å²) in [5, 5.41) is 2.63. The molecule has 1 aromatic carbocycles. The van der Waals surface area contributed by atoms with Crippen LogP contribution < -0.4 is 5.32 Å². The van der Waals surface area contributed by atoms with Gasteiger partial charge in [0, 0.05) is 32.9 Å². The normalized spacial score (nSPS) is 23.2. The Morgan fingerprint density at radius 3 is 2.55 bits per heavy atom. The lowest BCUT2D eigenvalue weighted by Gasteiger charge is -2.39. The molecule has 1 aliphatic heterocycles. The van der Waals surface area contributed by atoms with E-state index in [0.29, 0.717) is 24.6 Å². The maximum absolute atomic E-state index is 11.9. The van der Waals surface area contributed by atoms with Gasteiger partial charge in [-0.25, -0.2) is 8.42 Å². The third-order valence-electron chi connectivity index (χ3n) is 3.82. The molecule has 0 radical (unpaired) electrons. The molecule has 1 N–H and O–H groups in total. The van der Waals surface area contributed by atoms with Crippen LogP contribution >= 0.6 is 0 Å². The molecule has 1 aromatic rings. The first-order chi connectivity index (χ1) is 10.2. The fourth-order valence-electron chi connectivity index (χ4n) is 2.59. The van der Waals surface area contributed by atoms with Crippen LogP contribution in [-0.2, 0) is 25.9 Å². The summed E-state index contributed by atoms with van der Waals surface area (Å²) < 4.78 is 28.5. The van der Waals surface area contributed by atoms with Gasteiger partial charge in [-0.05, 0) is 24.6 Å². The van der Waals surface area contributed by atoms with Crippen LogP contribution in [0.5, 0.6) is 0 Å². The van der Waals surface area contributed by atoms with E-state index in [1.807, 2.05) is 12.1 Å². The van der Waals surface area contributed by atoms with E-state index in [1.54, 1.807) is 26.1 Å². The van der Waals surface area contributed by atoms with Crippen molar-refractivity contribution >= 4 is 15.7 Å². The fourth-order valence-corrected chi connectivity index (χ4v) is 3.22. The molecule has 122 valence electrons. The van der Waals surface area contributed by atoms with Crippen LogP contribution in [0.1, 0.15) is 12.5 Å². The van der Waals surface area contributed by atoms with Gasteiger partial charge in [-0.2, -0.15) is 0 Å². The van der Waals surface area contributed by atoms with Gasteiger partial charge in [-0.3, -0.25) is 9.69 Å². The Morgan fingerprint density at radius 1 is 1.36 bits per heavy atom. The molecule has 0 aromatic heterocycles. The molecule has 2 rings (SSSR count). The van der Waals surface area contributed by atoms with Gasteiger partial charge in [0.05, 0.1) is 11.5 Å². The first-order valence-electron chi connectivity index (χ1n) is 7.12. The molecule has 0 saturated carbocycles. The van der Waals surface area contributed by atoms with E-state index in [9.17, 15) is 13.2 Å². The Balaban J connectivity index is 2.06. The van der Waals surface area contributed by atoms with Crippen LogP contribution in [0.4, 0.5) is 0 Å². The largest absolute Gasteiger partial charge is 0.363 e. The SMILES string of the molecule is CNC(=O)[C@@]1(C)CN(Cc2ccc(S(C)(=O)=O)cc2)CCO1. The van der Waals surface area contributed by atoms with Gasteiger partial charge in [0.2, 0.25) is 0 Å². The molecule has 0 spiro atoms. The highest BCUT2D eigenvalue weighted by Crippen LogP contribution is 2.20. The number of carbonyl (C=O) groups is 1. The summed E-state index contributed by atoms with van der Waals surface area (Å²) in [6.07, 6.45) is 1.19. The van der Waals surface area contributed by atoms with Crippen molar-refractivity contribution in [2.45, 2.75) is 24.0 Å². The minimum atomic E-state index is -3.17. The Bertz CT molecular complexity index is 642. The highest BCUT2D eigenvalue weighted by Gasteiger charge is 2.38. The van der Waals surface area contributed by atoms with E-state index in [2.05, 4.69) is 10.2 Å². The van der Waals surface area contributed by atoms with Crippen LogP contribution in [0.3, 0.4) is 0 Å². The number of hydrogen-bond acceptors (Lipinski definition) is 5. The number of nitrogens with zero attached hydrogens (tertiary/aromatic N) is 1. The molecule has 1 fully saturated rings. The quantitative estimate of drug-likeness (QED) is 0.868. The summed E-state index contributed by atoms with van der Waals surface area (Å²) >= 11 is 0. The summed E-state index contributed by atoms with van der Waals surface area (Å²) in [5.41, 5.74) is 0.160. The second-order valence-electron chi connectivity index (χ2n) is 5.79. The van der Waals surface area contributed by atoms with Crippen LogP contribution in [0, 0.1) is 0 Å². The van der Waals surface area contributed by atoms with Gasteiger partial charge in [-0.1, -0.05) is 12.1 Å². The van der Waals surface area contributed by atoms with E-state index >= 15 is 0 Å². The molecule has 0 unspecified atom stereocenters. The smallest absolute Gasteiger partial charge is 0.253 e. The Kier molecular flexibility index (Phi) is 4.89. The van der Waals surface area contributed by atoms with Crippen LogP contribution in [0.25, 0.3) is 0 Å². The second-order valence-corrected chi connectivity index (χ2v) is 7.80. The monoisotopic (exact) mass is 326 g/mol. The highest BCUT2D eigenvalue weighted by atomic mass is 32.2. The zero-order valence-corrected chi connectivity index (χ0v) is 13.9. The molecule has 1 atom stereocenters. The predicted molar refractivity (Wildman–Crippen MR) is 83.3 cm³/mol. The molecule has 0 bridgehead atoms. The molecular formula is C15H22N2O4S. The van der Waals surface area contributed by atoms with Crippen molar-refractivity contribution in [2.75, 3.05) is 33.0 Å². The van der Waals surface area contributed by atoms with Gasteiger partial charge in [0.1, 0.15) is 0 Å². The summed E-state index contributed by atoms with van der Waals surface area (Å²) in [7, 11) is -1.58. The average Bonchev–Trinajstić information content (AvgIpc) is 2.46. The predicted octanol–water partition coefficient (Wildman–Crippen LogP) is 0.427. The van der Waals surface area contributed by atoms with Crippen molar-refractivity contribution < 1.29 is 17.9 Å². The number of nitrogens with one attached hydrogen (secondary N) is 1. The van der Waals surface area contributed by atoms with Crippen molar-refractivity contribution in [2.24, 2.45) is 0 Å². The van der Waals surface area contributed by atoms with E-state index in [-0.39, 0.29) is 5.91 Å². The molecule has 1 heterocycles. The lowest BCUT2D eigenvalue weighted by atomic mass is 10.0. The molecule has 1 saturated heterocycles. The number of rotatable bonds is 4. The maximum Gasteiger partial charge on any atom is 0.253 e. The van der Waals surface area contributed by atoms with Crippen LogP contribution in [0.2, 0.25) is 0 Å². The Hall–Kier alpha value is -1.44. The van der Waals surface area contributed by atoms with E-state index in [0.717, 1.165) is 12.1 Å². The number of morpholine rings is 1. The second kappa shape index (κ2) is 6.36. The van der Waals surface area contributed by atoms with Gasteiger partial charge in [0.15, 0.2) is 15.4 Å². The third-order valence-corrected chi connectivity index (χ3v) is 4.95. The van der Waals surface area contributed by atoms with Crippen molar-refractivity contribution in [3.8, 4) is 0 Å². The van der Waals surface area contributed by atoms with E-state index in [4.69, 9.17) is 4.74 Å². The number of benzene rings is 1. The number of likely N-dealkylation sites (N-methyl/N-ethyl adjacent to an activating group) is 1. The molecular weight excluding hydrogens is 304 g/mol. The summed E-state index contributed by atoms with van der Waals surface area (Å²) in [6.45, 7) is 4.16. The lowest BCUT2D eigenvalue weighted by molar-refractivity contribution is -0.156. The van der Waals surface area contributed by atoms with Crippen molar-refractivity contribution in [1.82, 2.24) is 10.2 Å². The average molecular weight is 326 g/mol. The maximum atomic E-state index is 11.9. The van der Waals surface area contributed by atoms with Crippen molar-refractivity contribution in [1.29, 1.82) is 0 Å². The van der Waals surface area contributed by atoms with Crippen molar-refractivity contribution in [3.05, 3.63) is 29.8 Å². The summed E-state index contributed by atoms with van der Waals surface area (Å²) in [6, 6.07) is 6.85. The number of amides is 1. The fraction of sp³-hybridized carbons (Fsp3) is 0.533. The molecule has 22 heavy (non-hydrogen) atoms. The third kappa shape index (κ3) is 3.85. The van der Waals surface area contributed by atoms with E-state index < -0.39 is 15.4 Å². The van der Waals surface area contributed by atoms with Crippen LogP contribution in [-0.4, -0.2) is 57.8 Å². The zero-order chi connectivity index (χ0) is 16.4. The van der Waals surface area contributed by atoms with Crippen LogP contribution in [0.15, 0.2) is 29.2 Å². The number of carbonyl (C=O) groups excluding carboxylic acids is 1.